The van der Waals surface area contributed by atoms with Crippen molar-refractivity contribution in [3.05, 3.63) is 41.7 Å². The Morgan fingerprint density at radius 2 is 2.31 bits per heavy atom. The van der Waals surface area contributed by atoms with Crippen LogP contribution >= 0.6 is 0 Å². The first kappa shape index (κ1) is 18.4. The number of rotatable bonds is 7. The van der Waals surface area contributed by atoms with Gasteiger partial charge in [-0.25, -0.2) is 0 Å². The second kappa shape index (κ2) is 8.33. The normalized spacial score (nSPS) is 16.4. The van der Waals surface area contributed by atoms with Crippen LogP contribution in [0.4, 0.5) is 5.69 Å². The van der Waals surface area contributed by atoms with E-state index in [0.717, 1.165) is 48.6 Å². The highest BCUT2D eigenvalue weighted by Gasteiger charge is 2.28. The minimum absolute atomic E-state index is 0.0799. The maximum Gasteiger partial charge on any atom is 0.246 e. The first-order chi connectivity index (χ1) is 12.5. The third kappa shape index (κ3) is 4.42. The Kier molecular flexibility index (Phi) is 5.90. The molecule has 1 amide bonds. The number of hydrogen-bond acceptors (Lipinski definition) is 5. The molecule has 0 saturated heterocycles. The Morgan fingerprint density at radius 3 is 3.12 bits per heavy atom. The molecular weight excluding hydrogens is 330 g/mol. The van der Waals surface area contributed by atoms with E-state index in [4.69, 9.17) is 4.74 Å². The molecule has 7 heteroatoms. The molecule has 0 spiro atoms. The number of aryl methyl sites for hydroxylation is 1. The zero-order valence-electron chi connectivity index (χ0n) is 15.7. The zero-order valence-corrected chi connectivity index (χ0v) is 15.7. The SMILES string of the molecule is CN(C)CCCOc1cccc(NC(=O)C2NCCc3c2cnn3C)c1. The monoisotopic (exact) mass is 357 g/mol. The van der Waals surface area contributed by atoms with Gasteiger partial charge in [0.15, 0.2) is 0 Å². The quantitative estimate of drug-likeness (QED) is 0.736. The maximum atomic E-state index is 12.7. The van der Waals surface area contributed by atoms with E-state index in [9.17, 15) is 4.79 Å². The van der Waals surface area contributed by atoms with E-state index in [1.54, 1.807) is 6.20 Å². The molecule has 0 bridgehead atoms. The highest BCUT2D eigenvalue weighted by atomic mass is 16.5. The number of carbonyl (C=O) groups is 1. The summed E-state index contributed by atoms with van der Waals surface area (Å²) in [6.07, 6.45) is 3.61. The fourth-order valence-electron chi connectivity index (χ4n) is 3.15. The van der Waals surface area contributed by atoms with Gasteiger partial charge < -0.3 is 20.3 Å². The van der Waals surface area contributed by atoms with Crippen molar-refractivity contribution in [3.8, 4) is 5.75 Å². The molecule has 0 saturated carbocycles. The molecule has 26 heavy (non-hydrogen) atoms. The summed E-state index contributed by atoms with van der Waals surface area (Å²) in [5.41, 5.74) is 2.80. The van der Waals surface area contributed by atoms with Crippen LogP contribution in [0.25, 0.3) is 0 Å². The van der Waals surface area contributed by atoms with Crippen molar-refractivity contribution in [1.29, 1.82) is 0 Å². The van der Waals surface area contributed by atoms with Gasteiger partial charge in [0.05, 0.1) is 12.8 Å². The largest absolute Gasteiger partial charge is 0.493 e. The van der Waals surface area contributed by atoms with Crippen molar-refractivity contribution >= 4 is 11.6 Å². The van der Waals surface area contributed by atoms with E-state index in [-0.39, 0.29) is 11.9 Å². The number of nitrogens with one attached hydrogen (secondary N) is 2. The van der Waals surface area contributed by atoms with Gasteiger partial charge in [-0.2, -0.15) is 5.10 Å². The van der Waals surface area contributed by atoms with Gasteiger partial charge >= 0.3 is 0 Å². The smallest absolute Gasteiger partial charge is 0.246 e. The van der Waals surface area contributed by atoms with Gasteiger partial charge in [0.2, 0.25) is 5.91 Å². The molecule has 1 atom stereocenters. The number of aromatic nitrogens is 2. The van der Waals surface area contributed by atoms with Gasteiger partial charge in [0.1, 0.15) is 11.8 Å². The molecule has 0 radical (unpaired) electrons. The highest BCUT2D eigenvalue weighted by molar-refractivity contribution is 5.96. The molecule has 3 rings (SSSR count). The minimum atomic E-state index is -0.378. The molecule has 0 fully saturated rings. The van der Waals surface area contributed by atoms with E-state index >= 15 is 0 Å². The average molecular weight is 357 g/mol. The molecule has 1 unspecified atom stereocenters. The molecule has 2 N–H and O–H groups in total. The van der Waals surface area contributed by atoms with Gasteiger partial charge in [-0.3, -0.25) is 9.48 Å². The number of ether oxygens (including phenoxy) is 1. The molecule has 1 aliphatic heterocycles. The number of benzene rings is 1. The Hall–Kier alpha value is -2.38. The molecule has 2 aromatic rings. The number of hydrogen-bond donors (Lipinski definition) is 2. The number of anilines is 1. The molecule has 1 aromatic heterocycles. The van der Waals surface area contributed by atoms with E-state index < -0.39 is 0 Å². The van der Waals surface area contributed by atoms with Crippen molar-refractivity contribution in [2.45, 2.75) is 18.9 Å². The summed E-state index contributed by atoms with van der Waals surface area (Å²) < 4.78 is 7.62. The van der Waals surface area contributed by atoms with Crippen LogP contribution in [0, 0.1) is 0 Å². The summed E-state index contributed by atoms with van der Waals surface area (Å²) in [5.74, 6) is 0.684. The average Bonchev–Trinajstić information content (AvgIpc) is 3.00. The summed E-state index contributed by atoms with van der Waals surface area (Å²) in [4.78, 5) is 14.9. The van der Waals surface area contributed by atoms with Crippen LogP contribution in [0.15, 0.2) is 30.5 Å². The Bertz CT molecular complexity index is 756. The van der Waals surface area contributed by atoms with Gasteiger partial charge in [-0.15, -0.1) is 0 Å². The molecule has 7 nitrogen and oxygen atoms in total. The standard InChI is InChI=1S/C19H27N5O2/c1-23(2)10-5-11-26-15-7-4-6-14(12-15)22-19(25)18-16-13-21-24(3)17(16)8-9-20-18/h4,6-7,12-13,18,20H,5,8-11H2,1-3H3,(H,22,25). The lowest BCUT2D eigenvalue weighted by molar-refractivity contribution is -0.118. The molecular formula is C19H27N5O2. The fraction of sp³-hybridized carbons (Fsp3) is 0.474. The number of nitrogens with zero attached hydrogens (tertiary/aromatic N) is 3. The topological polar surface area (TPSA) is 71.4 Å². The van der Waals surface area contributed by atoms with Gasteiger partial charge in [-0.1, -0.05) is 6.07 Å². The Morgan fingerprint density at radius 1 is 1.46 bits per heavy atom. The summed E-state index contributed by atoms with van der Waals surface area (Å²) in [5, 5.41) is 10.5. The van der Waals surface area contributed by atoms with Gasteiger partial charge in [0, 0.05) is 49.6 Å². The van der Waals surface area contributed by atoms with Gasteiger partial charge in [0.25, 0.3) is 0 Å². The highest BCUT2D eigenvalue weighted by Crippen LogP contribution is 2.24. The number of fused-ring (bicyclic) bond motifs is 1. The van der Waals surface area contributed by atoms with Crippen LogP contribution in [-0.2, 0) is 18.3 Å². The van der Waals surface area contributed by atoms with Crippen LogP contribution in [0.5, 0.6) is 5.75 Å². The van der Waals surface area contributed by atoms with Crippen molar-refractivity contribution in [2.75, 3.05) is 39.1 Å². The van der Waals surface area contributed by atoms with Crippen LogP contribution in [-0.4, -0.2) is 54.4 Å². The van der Waals surface area contributed by atoms with E-state index in [2.05, 4.69) is 20.6 Å². The lowest BCUT2D eigenvalue weighted by Crippen LogP contribution is -2.38. The summed E-state index contributed by atoms with van der Waals surface area (Å²) in [6.45, 7) is 2.40. The molecule has 0 aliphatic carbocycles. The van der Waals surface area contributed by atoms with Crippen LogP contribution in [0.1, 0.15) is 23.7 Å². The van der Waals surface area contributed by atoms with Crippen molar-refractivity contribution < 1.29 is 9.53 Å². The molecule has 140 valence electrons. The lowest BCUT2D eigenvalue weighted by Gasteiger charge is -2.23. The van der Waals surface area contributed by atoms with Crippen LogP contribution in [0.2, 0.25) is 0 Å². The minimum Gasteiger partial charge on any atom is -0.493 e. The predicted octanol–water partition coefficient (Wildman–Crippen LogP) is 1.58. The third-order valence-electron chi connectivity index (χ3n) is 4.50. The molecule has 1 aromatic carbocycles. The first-order valence-corrected chi connectivity index (χ1v) is 8.97. The van der Waals surface area contributed by atoms with Gasteiger partial charge in [-0.05, 0) is 32.6 Å². The van der Waals surface area contributed by atoms with Crippen LogP contribution < -0.4 is 15.4 Å². The number of carbonyl (C=O) groups excluding carboxylic acids is 1. The van der Waals surface area contributed by atoms with Crippen LogP contribution in [0.3, 0.4) is 0 Å². The summed E-state index contributed by atoms with van der Waals surface area (Å²) in [7, 11) is 6.00. The second-order valence-corrected chi connectivity index (χ2v) is 6.83. The first-order valence-electron chi connectivity index (χ1n) is 8.97. The van der Waals surface area contributed by atoms with E-state index in [0.29, 0.717) is 6.61 Å². The number of amides is 1. The third-order valence-corrected chi connectivity index (χ3v) is 4.50. The van der Waals surface area contributed by atoms with Crippen molar-refractivity contribution in [1.82, 2.24) is 20.0 Å². The zero-order chi connectivity index (χ0) is 18.5. The Balaban J connectivity index is 1.60. The molecule has 2 heterocycles. The van der Waals surface area contributed by atoms with Crippen molar-refractivity contribution in [2.24, 2.45) is 7.05 Å². The Labute approximate surface area is 154 Å². The van der Waals surface area contributed by atoms with Crippen molar-refractivity contribution in [3.63, 3.8) is 0 Å². The predicted molar refractivity (Wildman–Crippen MR) is 101 cm³/mol. The maximum absolute atomic E-state index is 12.7. The van der Waals surface area contributed by atoms with E-state index in [1.807, 2.05) is 50.1 Å². The fourth-order valence-corrected chi connectivity index (χ4v) is 3.15. The molecule has 1 aliphatic rings. The summed E-state index contributed by atoms with van der Waals surface area (Å²) >= 11 is 0. The lowest BCUT2D eigenvalue weighted by atomic mass is 10.0. The van der Waals surface area contributed by atoms with E-state index in [1.165, 1.54) is 0 Å². The summed E-state index contributed by atoms with van der Waals surface area (Å²) in [6, 6.07) is 7.15. The second-order valence-electron chi connectivity index (χ2n) is 6.83.